The van der Waals surface area contributed by atoms with Crippen LogP contribution in [0.3, 0.4) is 0 Å². The molecule has 1 fully saturated rings. The number of ether oxygens (including phenoxy) is 2. The summed E-state index contributed by atoms with van der Waals surface area (Å²) in [5.41, 5.74) is 3.80. The molecule has 1 aliphatic heterocycles. The molecule has 0 bridgehead atoms. The maximum Gasteiger partial charge on any atom is 0.127 e. The number of methoxy groups -OCH3 is 2. The van der Waals surface area contributed by atoms with E-state index in [1.54, 1.807) is 14.2 Å². The van der Waals surface area contributed by atoms with Crippen molar-refractivity contribution in [3.05, 3.63) is 46.4 Å². The van der Waals surface area contributed by atoms with Gasteiger partial charge in [-0.05, 0) is 45.8 Å². The summed E-state index contributed by atoms with van der Waals surface area (Å²) in [4.78, 5) is 8.76. The Hall–Kier alpha value is -2.05. The Kier molecular flexibility index (Phi) is 5.10. The van der Waals surface area contributed by atoms with Gasteiger partial charge >= 0.3 is 0 Å². The molecule has 0 aliphatic carbocycles. The minimum atomic E-state index is 0.556. The van der Waals surface area contributed by atoms with Crippen LogP contribution in [0, 0.1) is 13.8 Å². The third kappa shape index (κ3) is 3.44. The Morgan fingerprint density at radius 3 is 2.63 bits per heavy atom. The van der Waals surface area contributed by atoms with Gasteiger partial charge in [-0.2, -0.15) is 0 Å². The van der Waals surface area contributed by atoms with Crippen LogP contribution in [-0.4, -0.2) is 41.6 Å². The van der Waals surface area contributed by atoms with Gasteiger partial charge in [0.05, 0.1) is 19.9 Å². The van der Waals surface area contributed by atoms with Crippen molar-refractivity contribution in [3.8, 4) is 11.5 Å². The average molecular weight is 386 g/mol. The first kappa shape index (κ1) is 18.3. The lowest BCUT2D eigenvalue weighted by molar-refractivity contribution is 0.201. The van der Waals surface area contributed by atoms with Crippen molar-refractivity contribution in [1.29, 1.82) is 0 Å². The number of benzene rings is 1. The topological polar surface area (TPSA) is 39.0 Å². The number of aromatic nitrogens is 2. The third-order valence-corrected chi connectivity index (χ3v) is 6.66. The SMILES string of the molecule is COc1ccc(CN2CCC(c3nc(C)n4c(C)csc34)CC2)c(OC)c1. The van der Waals surface area contributed by atoms with Crippen LogP contribution in [-0.2, 0) is 6.54 Å². The highest BCUT2D eigenvalue weighted by atomic mass is 32.1. The van der Waals surface area contributed by atoms with Gasteiger partial charge in [0.2, 0.25) is 0 Å². The van der Waals surface area contributed by atoms with Crippen LogP contribution in [0.5, 0.6) is 11.5 Å². The van der Waals surface area contributed by atoms with Gasteiger partial charge in [0.25, 0.3) is 0 Å². The number of hydrogen-bond donors (Lipinski definition) is 0. The maximum atomic E-state index is 5.56. The molecule has 5 nitrogen and oxygen atoms in total. The molecular formula is C21H27N3O2S. The van der Waals surface area contributed by atoms with Crippen LogP contribution >= 0.6 is 11.3 Å². The summed E-state index contributed by atoms with van der Waals surface area (Å²) in [7, 11) is 3.41. The minimum absolute atomic E-state index is 0.556. The Morgan fingerprint density at radius 2 is 1.93 bits per heavy atom. The van der Waals surface area contributed by atoms with Gasteiger partial charge in [0, 0.05) is 35.2 Å². The van der Waals surface area contributed by atoms with Crippen LogP contribution in [0.15, 0.2) is 23.6 Å². The molecular weight excluding hydrogens is 358 g/mol. The highest BCUT2D eigenvalue weighted by molar-refractivity contribution is 7.15. The molecule has 2 aromatic heterocycles. The number of thiazole rings is 1. The third-order valence-electron chi connectivity index (χ3n) is 5.58. The molecule has 3 aromatic rings. The van der Waals surface area contributed by atoms with Gasteiger partial charge in [-0.3, -0.25) is 9.30 Å². The van der Waals surface area contributed by atoms with Gasteiger partial charge < -0.3 is 9.47 Å². The molecule has 27 heavy (non-hydrogen) atoms. The fraction of sp³-hybridized carbons (Fsp3) is 0.476. The Morgan fingerprint density at radius 1 is 1.15 bits per heavy atom. The lowest BCUT2D eigenvalue weighted by atomic mass is 9.93. The summed E-state index contributed by atoms with van der Waals surface area (Å²) in [6, 6.07) is 6.08. The fourth-order valence-electron chi connectivity index (χ4n) is 4.11. The molecule has 6 heteroatoms. The largest absolute Gasteiger partial charge is 0.497 e. The van der Waals surface area contributed by atoms with E-state index < -0.39 is 0 Å². The number of piperidine rings is 1. The number of imidazole rings is 1. The summed E-state index contributed by atoms with van der Waals surface area (Å²) in [6.45, 7) is 7.36. The molecule has 144 valence electrons. The molecule has 0 N–H and O–H groups in total. The molecule has 0 unspecified atom stereocenters. The Bertz CT molecular complexity index is 938. The molecule has 4 rings (SSSR count). The second-order valence-electron chi connectivity index (χ2n) is 7.29. The summed E-state index contributed by atoms with van der Waals surface area (Å²) in [6.07, 6.45) is 2.31. The van der Waals surface area contributed by atoms with E-state index in [-0.39, 0.29) is 0 Å². The maximum absolute atomic E-state index is 5.56. The van der Waals surface area contributed by atoms with Crippen molar-refractivity contribution in [2.75, 3.05) is 27.3 Å². The van der Waals surface area contributed by atoms with Crippen LogP contribution < -0.4 is 9.47 Å². The van der Waals surface area contributed by atoms with E-state index in [2.05, 4.69) is 34.6 Å². The standard InChI is InChI=1S/C21H27N3O2S/c1-14-13-27-21-20(22-15(2)24(14)21)16-7-9-23(10-8-16)12-17-5-6-18(25-3)11-19(17)26-4/h5-6,11,13,16H,7-10,12H2,1-4H3. The van der Waals surface area contributed by atoms with Crippen LogP contribution in [0.1, 0.15) is 41.5 Å². The minimum Gasteiger partial charge on any atom is -0.497 e. The van der Waals surface area contributed by atoms with Crippen molar-refractivity contribution >= 4 is 16.2 Å². The van der Waals surface area contributed by atoms with Crippen LogP contribution in [0.4, 0.5) is 0 Å². The van der Waals surface area contributed by atoms with Gasteiger partial charge in [-0.25, -0.2) is 4.98 Å². The number of aryl methyl sites for hydroxylation is 2. The molecule has 0 amide bonds. The van der Waals surface area contributed by atoms with E-state index in [0.29, 0.717) is 5.92 Å². The first-order chi connectivity index (χ1) is 13.1. The van der Waals surface area contributed by atoms with E-state index in [9.17, 15) is 0 Å². The van der Waals surface area contributed by atoms with Crippen molar-refractivity contribution in [2.45, 2.75) is 39.2 Å². The smallest absolute Gasteiger partial charge is 0.127 e. The molecule has 3 heterocycles. The van der Waals surface area contributed by atoms with Crippen LogP contribution in [0.25, 0.3) is 4.83 Å². The van der Waals surface area contributed by atoms with Crippen molar-refractivity contribution < 1.29 is 9.47 Å². The fourth-order valence-corrected chi connectivity index (χ4v) is 5.21. The van der Waals surface area contributed by atoms with E-state index in [4.69, 9.17) is 14.5 Å². The monoisotopic (exact) mass is 385 g/mol. The summed E-state index contributed by atoms with van der Waals surface area (Å²) < 4.78 is 13.2. The lowest BCUT2D eigenvalue weighted by Crippen LogP contribution is -2.32. The van der Waals surface area contributed by atoms with E-state index in [1.165, 1.54) is 21.8 Å². The van der Waals surface area contributed by atoms with Crippen molar-refractivity contribution in [2.24, 2.45) is 0 Å². The molecule has 0 radical (unpaired) electrons. The summed E-state index contributed by atoms with van der Waals surface area (Å²) >= 11 is 1.83. The zero-order valence-corrected chi connectivity index (χ0v) is 17.3. The number of likely N-dealkylation sites (tertiary alicyclic amines) is 1. The second-order valence-corrected chi connectivity index (χ2v) is 8.15. The Labute approximate surface area is 164 Å². The Balaban J connectivity index is 1.45. The zero-order valence-electron chi connectivity index (χ0n) is 16.5. The average Bonchev–Trinajstić information content (AvgIpc) is 3.23. The van der Waals surface area contributed by atoms with Gasteiger partial charge in [-0.1, -0.05) is 6.07 Å². The molecule has 1 aromatic carbocycles. The normalized spacial score (nSPS) is 16.1. The van der Waals surface area contributed by atoms with Crippen molar-refractivity contribution in [1.82, 2.24) is 14.3 Å². The van der Waals surface area contributed by atoms with Gasteiger partial charge in [-0.15, -0.1) is 11.3 Å². The summed E-state index contributed by atoms with van der Waals surface area (Å²) in [5.74, 6) is 3.40. The predicted molar refractivity (Wildman–Crippen MR) is 109 cm³/mol. The molecule has 0 spiro atoms. The second kappa shape index (κ2) is 7.52. The first-order valence-corrected chi connectivity index (χ1v) is 10.3. The molecule has 1 aliphatic rings. The van der Waals surface area contributed by atoms with E-state index in [0.717, 1.165) is 49.8 Å². The molecule has 0 saturated carbocycles. The van der Waals surface area contributed by atoms with Gasteiger partial charge in [0.1, 0.15) is 22.2 Å². The highest BCUT2D eigenvalue weighted by Gasteiger charge is 2.26. The van der Waals surface area contributed by atoms with Crippen molar-refractivity contribution in [3.63, 3.8) is 0 Å². The van der Waals surface area contributed by atoms with Gasteiger partial charge in [0.15, 0.2) is 0 Å². The highest BCUT2D eigenvalue weighted by Crippen LogP contribution is 2.35. The quantitative estimate of drug-likeness (QED) is 0.652. The van der Waals surface area contributed by atoms with E-state index in [1.807, 2.05) is 23.5 Å². The predicted octanol–water partition coefficient (Wildman–Crippen LogP) is 4.41. The number of hydrogen-bond acceptors (Lipinski definition) is 5. The number of fused-ring (bicyclic) bond motifs is 1. The lowest BCUT2D eigenvalue weighted by Gasteiger charge is -2.31. The first-order valence-electron chi connectivity index (χ1n) is 9.47. The number of nitrogens with zero attached hydrogens (tertiary/aromatic N) is 3. The number of rotatable bonds is 5. The summed E-state index contributed by atoms with van der Waals surface area (Å²) in [5, 5.41) is 2.23. The van der Waals surface area contributed by atoms with Crippen LogP contribution in [0.2, 0.25) is 0 Å². The molecule has 1 saturated heterocycles. The zero-order chi connectivity index (χ0) is 19.0. The molecule has 0 atom stereocenters. The van der Waals surface area contributed by atoms with E-state index >= 15 is 0 Å².